The SMILES string of the molecule is O=C(O)C12CC(C(F)(F)F)(C1)C2(F)F. The maximum atomic E-state index is 12.9. The Balaban J connectivity index is 2.34. The minimum Gasteiger partial charge on any atom is -0.481 e. The first-order valence-electron chi connectivity index (χ1n) is 3.79. The van der Waals surface area contributed by atoms with Crippen molar-refractivity contribution < 1.29 is 31.9 Å². The molecular formula is C7H5F5O2. The molecule has 1 N–H and O–H groups in total. The van der Waals surface area contributed by atoms with Crippen LogP contribution in [0.4, 0.5) is 22.0 Å². The van der Waals surface area contributed by atoms with Gasteiger partial charge in [-0.05, 0) is 12.8 Å². The third kappa shape index (κ3) is 0.585. The third-order valence-corrected chi connectivity index (χ3v) is 3.36. The quantitative estimate of drug-likeness (QED) is 0.681. The summed E-state index contributed by atoms with van der Waals surface area (Å²) in [4.78, 5) is 10.4. The zero-order valence-electron chi connectivity index (χ0n) is 6.66. The first kappa shape index (κ1) is 9.67. The average Bonchev–Trinajstić information content (AvgIpc) is 1.78. The maximum Gasteiger partial charge on any atom is 0.400 e. The fraction of sp³-hybridized carbons (Fsp3) is 0.857. The van der Waals surface area contributed by atoms with Gasteiger partial charge in [-0.3, -0.25) is 4.79 Å². The van der Waals surface area contributed by atoms with Crippen LogP contribution in [0, 0.1) is 10.8 Å². The van der Waals surface area contributed by atoms with Crippen LogP contribution in [0.25, 0.3) is 0 Å². The van der Waals surface area contributed by atoms with Crippen molar-refractivity contribution in [1.29, 1.82) is 0 Å². The molecule has 0 spiro atoms. The Kier molecular flexibility index (Phi) is 1.31. The lowest BCUT2D eigenvalue weighted by Crippen LogP contribution is -2.85. The van der Waals surface area contributed by atoms with Gasteiger partial charge >= 0.3 is 12.1 Å². The molecule has 3 fully saturated rings. The Hall–Kier alpha value is -0.880. The topological polar surface area (TPSA) is 37.3 Å². The summed E-state index contributed by atoms with van der Waals surface area (Å²) in [5.41, 5.74) is -5.53. The maximum absolute atomic E-state index is 12.9. The van der Waals surface area contributed by atoms with Crippen molar-refractivity contribution in [2.45, 2.75) is 24.9 Å². The van der Waals surface area contributed by atoms with Crippen molar-refractivity contribution >= 4 is 5.97 Å². The summed E-state index contributed by atoms with van der Waals surface area (Å²) in [6, 6.07) is 0. The van der Waals surface area contributed by atoms with Gasteiger partial charge in [0.05, 0.1) is 0 Å². The molecule has 0 unspecified atom stereocenters. The number of carboxylic acid groups (broad SMARTS) is 1. The first-order valence-corrected chi connectivity index (χ1v) is 3.79. The lowest BCUT2D eigenvalue weighted by Gasteiger charge is -2.72. The Bertz CT molecular complexity index is 313. The molecule has 2 bridgehead atoms. The summed E-state index contributed by atoms with van der Waals surface area (Å²) in [5, 5.41) is 8.40. The normalized spacial score (nSPS) is 43.8. The summed E-state index contributed by atoms with van der Waals surface area (Å²) in [6.07, 6.45) is -7.01. The third-order valence-electron chi connectivity index (χ3n) is 3.36. The van der Waals surface area contributed by atoms with Gasteiger partial charge in [-0.1, -0.05) is 0 Å². The van der Waals surface area contributed by atoms with Crippen molar-refractivity contribution in [3.8, 4) is 0 Å². The number of carboxylic acids is 1. The average molecular weight is 216 g/mol. The molecule has 0 radical (unpaired) electrons. The van der Waals surface area contributed by atoms with E-state index in [9.17, 15) is 26.7 Å². The highest BCUT2D eigenvalue weighted by Crippen LogP contribution is 2.85. The summed E-state index contributed by atoms with van der Waals surface area (Å²) >= 11 is 0. The molecular weight excluding hydrogens is 211 g/mol. The lowest BCUT2D eigenvalue weighted by atomic mass is 9.32. The molecule has 3 aliphatic carbocycles. The Morgan fingerprint density at radius 1 is 1.21 bits per heavy atom. The van der Waals surface area contributed by atoms with Gasteiger partial charge in [0.2, 0.25) is 0 Å². The van der Waals surface area contributed by atoms with E-state index in [1.54, 1.807) is 0 Å². The summed E-state index contributed by atoms with van der Waals surface area (Å²) < 4.78 is 62.4. The van der Waals surface area contributed by atoms with Crippen LogP contribution < -0.4 is 0 Å². The fourth-order valence-electron chi connectivity index (χ4n) is 2.33. The van der Waals surface area contributed by atoms with Gasteiger partial charge in [0.1, 0.15) is 10.8 Å². The van der Waals surface area contributed by atoms with Crippen LogP contribution in [0.2, 0.25) is 0 Å². The van der Waals surface area contributed by atoms with Gasteiger partial charge < -0.3 is 5.11 Å². The van der Waals surface area contributed by atoms with Crippen LogP contribution in [0.15, 0.2) is 0 Å². The van der Waals surface area contributed by atoms with Crippen molar-refractivity contribution in [1.82, 2.24) is 0 Å². The minimum absolute atomic E-state index is 0.994. The van der Waals surface area contributed by atoms with E-state index in [-0.39, 0.29) is 0 Å². The molecule has 7 heteroatoms. The van der Waals surface area contributed by atoms with Gasteiger partial charge in [0.15, 0.2) is 0 Å². The van der Waals surface area contributed by atoms with E-state index in [2.05, 4.69) is 0 Å². The lowest BCUT2D eigenvalue weighted by molar-refractivity contribution is -0.475. The predicted octanol–water partition coefficient (Wildman–Crippen LogP) is 2.05. The van der Waals surface area contributed by atoms with Crippen LogP contribution in [-0.4, -0.2) is 23.2 Å². The van der Waals surface area contributed by atoms with Crippen molar-refractivity contribution in [3.05, 3.63) is 0 Å². The Labute approximate surface area is 74.7 Å². The van der Waals surface area contributed by atoms with Crippen LogP contribution in [0.3, 0.4) is 0 Å². The van der Waals surface area contributed by atoms with Gasteiger partial charge in [0.25, 0.3) is 5.92 Å². The number of aliphatic carboxylic acids is 1. The molecule has 0 atom stereocenters. The minimum atomic E-state index is -5.02. The monoisotopic (exact) mass is 216 g/mol. The number of hydrogen-bond acceptors (Lipinski definition) is 1. The van der Waals surface area contributed by atoms with Gasteiger partial charge in [-0.2, -0.15) is 13.2 Å². The first-order chi connectivity index (χ1) is 6.11. The van der Waals surface area contributed by atoms with E-state index >= 15 is 0 Å². The van der Waals surface area contributed by atoms with Crippen LogP contribution in [0.5, 0.6) is 0 Å². The van der Waals surface area contributed by atoms with Crippen LogP contribution in [-0.2, 0) is 4.79 Å². The predicted molar refractivity (Wildman–Crippen MR) is 32.7 cm³/mol. The molecule has 0 aromatic heterocycles. The highest BCUT2D eigenvalue weighted by molar-refractivity contribution is 5.82. The van der Waals surface area contributed by atoms with Crippen molar-refractivity contribution in [2.75, 3.05) is 0 Å². The largest absolute Gasteiger partial charge is 0.481 e. The van der Waals surface area contributed by atoms with Gasteiger partial charge in [-0.15, -0.1) is 0 Å². The van der Waals surface area contributed by atoms with Crippen molar-refractivity contribution in [3.63, 3.8) is 0 Å². The van der Waals surface area contributed by atoms with Crippen LogP contribution >= 0.6 is 0 Å². The molecule has 0 amide bonds. The molecule has 14 heavy (non-hydrogen) atoms. The molecule has 3 saturated carbocycles. The van der Waals surface area contributed by atoms with Crippen molar-refractivity contribution in [2.24, 2.45) is 10.8 Å². The molecule has 3 aliphatic rings. The zero-order chi connectivity index (χ0) is 11.0. The molecule has 2 nitrogen and oxygen atoms in total. The van der Waals surface area contributed by atoms with E-state index < -0.39 is 41.7 Å². The summed E-state index contributed by atoms with van der Waals surface area (Å²) in [6.45, 7) is 0. The number of hydrogen-bond donors (Lipinski definition) is 1. The highest BCUT2D eigenvalue weighted by atomic mass is 19.4. The van der Waals surface area contributed by atoms with Gasteiger partial charge in [-0.25, -0.2) is 8.78 Å². The number of rotatable bonds is 1. The zero-order valence-corrected chi connectivity index (χ0v) is 6.66. The van der Waals surface area contributed by atoms with Crippen LogP contribution in [0.1, 0.15) is 12.8 Å². The second-order valence-corrected chi connectivity index (χ2v) is 3.90. The number of halogens is 5. The molecule has 0 aliphatic heterocycles. The van der Waals surface area contributed by atoms with E-state index in [1.165, 1.54) is 0 Å². The molecule has 3 rings (SSSR count). The molecule has 80 valence electrons. The highest BCUT2D eigenvalue weighted by Gasteiger charge is 2.98. The fourth-order valence-corrected chi connectivity index (χ4v) is 2.33. The molecule has 0 saturated heterocycles. The Morgan fingerprint density at radius 3 is 1.86 bits per heavy atom. The second kappa shape index (κ2) is 1.90. The van der Waals surface area contributed by atoms with Gasteiger partial charge in [0, 0.05) is 0 Å². The van der Waals surface area contributed by atoms with E-state index in [1.807, 2.05) is 0 Å². The Morgan fingerprint density at radius 2 is 1.64 bits per heavy atom. The second-order valence-electron chi connectivity index (χ2n) is 3.90. The number of carbonyl (C=O) groups is 1. The molecule has 0 aromatic carbocycles. The summed E-state index contributed by atoms with van der Waals surface area (Å²) in [5.74, 6) is -5.99. The standard InChI is InChI=1S/C7H5F5O2/c8-6(9)4(3(13)14)1-5(6,2-4)7(10,11)12/h1-2H2,(H,13,14). The number of alkyl halides is 5. The van der Waals surface area contributed by atoms with E-state index in [4.69, 9.17) is 5.11 Å². The van der Waals surface area contributed by atoms with E-state index in [0.29, 0.717) is 0 Å². The van der Waals surface area contributed by atoms with E-state index in [0.717, 1.165) is 0 Å². The smallest absolute Gasteiger partial charge is 0.400 e. The summed E-state index contributed by atoms with van der Waals surface area (Å²) in [7, 11) is 0. The molecule has 0 heterocycles. The molecule has 0 aromatic rings.